The molecule has 110 valence electrons. The van der Waals surface area contributed by atoms with Crippen LogP contribution in [0.3, 0.4) is 0 Å². The zero-order chi connectivity index (χ0) is 14.2. The first-order valence-corrected chi connectivity index (χ1v) is 7.99. The lowest BCUT2D eigenvalue weighted by atomic mass is 9.64. The lowest BCUT2D eigenvalue weighted by Crippen LogP contribution is -2.61. The van der Waals surface area contributed by atoms with E-state index >= 15 is 0 Å². The van der Waals surface area contributed by atoms with Crippen molar-refractivity contribution in [2.24, 2.45) is 5.41 Å². The van der Waals surface area contributed by atoms with E-state index in [2.05, 4.69) is 43.4 Å². The zero-order valence-electron chi connectivity index (χ0n) is 13.0. The van der Waals surface area contributed by atoms with Crippen molar-refractivity contribution in [2.75, 3.05) is 7.11 Å². The maximum absolute atomic E-state index is 5.57. The molecule has 2 aliphatic carbocycles. The van der Waals surface area contributed by atoms with Crippen LogP contribution in [-0.4, -0.2) is 19.3 Å². The van der Waals surface area contributed by atoms with Gasteiger partial charge in [-0.25, -0.2) is 0 Å². The molecule has 2 aliphatic rings. The normalized spacial score (nSPS) is 32.0. The molecule has 1 saturated carbocycles. The Morgan fingerprint density at radius 2 is 2.00 bits per heavy atom. The molecule has 3 atom stereocenters. The van der Waals surface area contributed by atoms with Crippen molar-refractivity contribution in [3.63, 3.8) is 0 Å². The molecule has 20 heavy (non-hydrogen) atoms. The van der Waals surface area contributed by atoms with Crippen LogP contribution in [0.1, 0.15) is 56.7 Å². The van der Waals surface area contributed by atoms with E-state index < -0.39 is 0 Å². The van der Waals surface area contributed by atoms with E-state index in [0.29, 0.717) is 18.2 Å². The van der Waals surface area contributed by atoms with Crippen LogP contribution in [0.4, 0.5) is 0 Å². The van der Waals surface area contributed by atoms with Crippen LogP contribution in [0.15, 0.2) is 24.3 Å². The summed E-state index contributed by atoms with van der Waals surface area (Å²) in [6.45, 7) is 4.65. The Balaban J connectivity index is 1.75. The Bertz CT molecular complexity index is 468. The van der Waals surface area contributed by atoms with Gasteiger partial charge in [0, 0.05) is 24.6 Å². The van der Waals surface area contributed by atoms with E-state index in [9.17, 15) is 0 Å². The second-order valence-corrected chi connectivity index (χ2v) is 7.00. The number of fused-ring (bicyclic) bond motifs is 1. The minimum absolute atomic E-state index is 0.246. The van der Waals surface area contributed by atoms with Gasteiger partial charge in [0.25, 0.3) is 0 Å². The first-order valence-electron chi connectivity index (χ1n) is 7.99. The van der Waals surface area contributed by atoms with Crippen molar-refractivity contribution in [1.82, 2.24) is 5.32 Å². The van der Waals surface area contributed by atoms with Crippen LogP contribution in [0, 0.1) is 5.41 Å². The minimum Gasteiger partial charge on any atom is -0.381 e. The summed E-state index contributed by atoms with van der Waals surface area (Å²) in [6.07, 6.45) is 6.70. The van der Waals surface area contributed by atoms with Crippen molar-refractivity contribution in [3.05, 3.63) is 35.4 Å². The fraction of sp³-hybridized carbons (Fsp3) is 0.667. The smallest absolute Gasteiger partial charge is 0.0652 e. The Hall–Kier alpha value is -0.860. The van der Waals surface area contributed by atoms with Crippen molar-refractivity contribution in [1.29, 1.82) is 0 Å². The SMILES string of the molecule is COC1CC(NC2CCCCc3ccccc32)C1(C)C. The number of aryl methyl sites for hydroxylation is 1. The quantitative estimate of drug-likeness (QED) is 0.844. The Morgan fingerprint density at radius 1 is 1.20 bits per heavy atom. The van der Waals surface area contributed by atoms with E-state index in [1.165, 1.54) is 31.2 Å². The molecule has 0 bridgehead atoms. The van der Waals surface area contributed by atoms with E-state index in [1.807, 2.05) is 7.11 Å². The minimum atomic E-state index is 0.246. The Kier molecular flexibility index (Phi) is 3.87. The highest BCUT2D eigenvalue weighted by Crippen LogP contribution is 2.44. The molecule has 2 nitrogen and oxygen atoms in total. The fourth-order valence-corrected chi connectivity index (χ4v) is 3.91. The number of hydrogen-bond acceptors (Lipinski definition) is 2. The molecular formula is C18H27NO. The summed E-state index contributed by atoms with van der Waals surface area (Å²) in [4.78, 5) is 0. The summed E-state index contributed by atoms with van der Waals surface area (Å²) in [5.41, 5.74) is 3.32. The second kappa shape index (κ2) is 5.50. The van der Waals surface area contributed by atoms with Gasteiger partial charge in [-0.15, -0.1) is 0 Å². The van der Waals surface area contributed by atoms with Crippen LogP contribution in [-0.2, 0) is 11.2 Å². The summed E-state index contributed by atoms with van der Waals surface area (Å²) in [5, 5.41) is 3.93. The van der Waals surface area contributed by atoms with Gasteiger partial charge in [-0.2, -0.15) is 0 Å². The van der Waals surface area contributed by atoms with Crippen LogP contribution in [0.5, 0.6) is 0 Å². The third kappa shape index (κ3) is 2.40. The standard InChI is InChI=1S/C18H27NO/c1-18(2)16(12-17(18)20-3)19-15-11-7-5-9-13-8-4-6-10-14(13)15/h4,6,8,10,15-17,19H,5,7,9,11-12H2,1-3H3. The predicted molar refractivity (Wildman–Crippen MR) is 82.9 cm³/mol. The number of rotatable bonds is 3. The molecule has 0 aliphatic heterocycles. The van der Waals surface area contributed by atoms with Gasteiger partial charge in [0.05, 0.1) is 6.10 Å². The highest BCUT2D eigenvalue weighted by Gasteiger charge is 2.49. The average molecular weight is 273 g/mol. The molecule has 3 rings (SSSR count). The second-order valence-electron chi connectivity index (χ2n) is 7.00. The zero-order valence-corrected chi connectivity index (χ0v) is 13.0. The maximum Gasteiger partial charge on any atom is 0.0652 e. The van der Waals surface area contributed by atoms with Crippen molar-refractivity contribution >= 4 is 0 Å². The summed E-state index contributed by atoms with van der Waals surface area (Å²) in [5.74, 6) is 0. The first-order chi connectivity index (χ1) is 9.63. The molecule has 3 unspecified atom stereocenters. The van der Waals surface area contributed by atoms with Crippen LogP contribution < -0.4 is 5.32 Å². The average Bonchev–Trinajstić information content (AvgIpc) is 2.65. The van der Waals surface area contributed by atoms with Gasteiger partial charge in [-0.1, -0.05) is 44.5 Å². The van der Waals surface area contributed by atoms with E-state index in [4.69, 9.17) is 4.74 Å². The molecule has 1 aromatic rings. The largest absolute Gasteiger partial charge is 0.381 e. The monoisotopic (exact) mass is 273 g/mol. The van der Waals surface area contributed by atoms with Crippen molar-refractivity contribution in [3.8, 4) is 0 Å². The molecule has 0 spiro atoms. The number of nitrogens with one attached hydrogen (secondary N) is 1. The molecule has 1 N–H and O–H groups in total. The molecule has 1 aromatic carbocycles. The van der Waals surface area contributed by atoms with Gasteiger partial charge in [-0.3, -0.25) is 0 Å². The van der Waals surface area contributed by atoms with Gasteiger partial charge in [0.15, 0.2) is 0 Å². The highest BCUT2D eigenvalue weighted by atomic mass is 16.5. The molecular weight excluding hydrogens is 246 g/mol. The molecule has 2 heteroatoms. The maximum atomic E-state index is 5.57. The molecule has 1 fully saturated rings. The Labute approximate surface area is 122 Å². The van der Waals surface area contributed by atoms with E-state index in [-0.39, 0.29) is 5.41 Å². The van der Waals surface area contributed by atoms with Gasteiger partial charge in [0.1, 0.15) is 0 Å². The fourth-order valence-electron chi connectivity index (χ4n) is 3.91. The van der Waals surface area contributed by atoms with E-state index in [1.54, 1.807) is 5.56 Å². The summed E-state index contributed by atoms with van der Waals surface area (Å²) >= 11 is 0. The molecule has 0 amide bonds. The summed E-state index contributed by atoms with van der Waals surface area (Å²) in [7, 11) is 1.84. The molecule has 0 aromatic heterocycles. The number of benzene rings is 1. The summed E-state index contributed by atoms with van der Waals surface area (Å²) in [6, 6.07) is 10.1. The third-order valence-corrected chi connectivity index (χ3v) is 5.48. The number of hydrogen-bond donors (Lipinski definition) is 1. The highest BCUT2D eigenvalue weighted by molar-refractivity contribution is 5.31. The third-order valence-electron chi connectivity index (χ3n) is 5.48. The van der Waals surface area contributed by atoms with Crippen LogP contribution >= 0.6 is 0 Å². The lowest BCUT2D eigenvalue weighted by Gasteiger charge is -2.52. The van der Waals surface area contributed by atoms with Gasteiger partial charge < -0.3 is 10.1 Å². The van der Waals surface area contributed by atoms with Crippen LogP contribution in [0.2, 0.25) is 0 Å². The Morgan fingerprint density at radius 3 is 2.75 bits per heavy atom. The number of ether oxygens (including phenoxy) is 1. The first kappa shape index (κ1) is 14.1. The van der Waals surface area contributed by atoms with Gasteiger partial charge in [-0.05, 0) is 36.8 Å². The summed E-state index contributed by atoms with van der Waals surface area (Å²) < 4.78 is 5.57. The predicted octanol–water partition coefficient (Wildman–Crippen LogP) is 3.86. The molecule has 0 heterocycles. The topological polar surface area (TPSA) is 21.3 Å². The van der Waals surface area contributed by atoms with Crippen molar-refractivity contribution < 1.29 is 4.74 Å². The van der Waals surface area contributed by atoms with Gasteiger partial charge >= 0.3 is 0 Å². The lowest BCUT2D eigenvalue weighted by molar-refractivity contribution is -0.101. The van der Waals surface area contributed by atoms with E-state index in [0.717, 1.165) is 6.42 Å². The van der Waals surface area contributed by atoms with Gasteiger partial charge in [0.2, 0.25) is 0 Å². The van der Waals surface area contributed by atoms with Crippen LogP contribution in [0.25, 0.3) is 0 Å². The molecule has 0 radical (unpaired) electrons. The van der Waals surface area contributed by atoms with Crippen molar-refractivity contribution in [2.45, 2.75) is 64.1 Å². The molecule has 0 saturated heterocycles. The number of methoxy groups -OCH3 is 1.